The molecule has 0 saturated carbocycles. The van der Waals surface area contributed by atoms with Crippen molar-refractivity contribution < 1.29 is 4.79 Å². The molecule has 0 aliphatic rings. The quantitative estimate of drug-likeness (QED) is 0.626. The van der Waals surface area contributed by atoms with Crippen molar-refractivity contribution >= 4 is 17.5 Å². The van der Waals surface area contributed by atoms with Gasteiger partial charge in [0.25, 0.3) is 0 Å². The minimum atomic E-state index is -0.0378. The van der Waals surface area contributed by atoms with Gasteiger partial charge in [-0.25, -0.2) is 0 Å². The van der Waals surface area contributed by atoms with Crippen LogP contribution in [-0.2, 0) is 4.79 Å². The van der Waals surface area contributed by atoms with Crippen LogP contribution in [0.25, 0.3) is 0 Å². The molecule has 0 aromatic heterocycles. The zero-order chi connectivity index (χ0) is 7.28. The Morgan fingerprint density at radius 3 is 2.56 bits per heavy atom. The average Bonchev–Trinajstić information content (AvgIpc) is 1.63. The molecule has 0 unspecified atom stereocenters. The zero-order valence-corrected chi connectivity index (χ0v) is 6.33. The predicted octanol–water partition coefficient (Wildman–Crippen LogP) is 1.27. The van der Waals surface area contributed by atoms with Gasteiger partial charge in [0.1, 0.15) is 0 Å². The Morgan fingerprint density at radius 1 is 1.67 bits per heavy atom. The maximum atomic E-state index is 10.2. The van der Waals surface area contributed by atoms with Crippen LogP contribution in [0.4, 0.5) is 0 Å². The number of amides is 1. The average molecular weight is 148 g/mol. The van der Waals surface area contributed by atoms with Crippen molar-refractivity contribution in [3.05, 3.63) is 11.1 Å². The number of allylic oxidation sites excluding steroid dienone is 1. The van der Waals surface area contributed by atoms with E-state index in [1.54, 1.807) is 13.0 Å². The molecule has 0 rings (SSSR count). The van der Waals surface area contributed by atoms with E-state index in [2.05, 4.69) is 5.32 Å². The summed E-state index contributed by atoms with van der Waals surface area (Å²) < 4.78 is 0. The van der Waals surface area contributed by atoms with E-state index in [-0.39, 0.29) is 5.91 Å². The van der Waals surface area contributed by atoms with Crippen LogP contribution in [0.2, 0.25) is 0 Å². The van der Waals surface area contributed by atoms with Crippen molar-refractivity contribution in [3.63, 3.8) is 0 Å². The summed E-state index contributed by atoms with van der Waals surface area (Å²) in [6.07, 6.45) is 1.74. The van der Waals surface area contributed by atoms with Gasteiger partial charge in [-0.1, -0.05) is 17.7 Å². The number of nitrogens with one attached hydrogen (secondary N) is 1. The molecule has 0 heterocycles. The summed E-state index contributed by atoms with van der Waals surface area (Å²) >= 11 is 5.47. The fourth-order valence-electron chi connectivity index (χ4n) is 0.335. The van der Waals surface area contributed by atoms with E-state index in [1.807, 2.05) is 0 Å². The number of hydrogen-bond donors (Lipinski definition) is 1. The lowest BCUT2D eigenvalue weighted by atomic mass is 10.5. The number of carbonyl (C=O) groups is 1. The smallest absolute Gasteiger partial charge is 0.217 e. The Morgan fingerprint density at radius 2 is 2.22 bits per heavy atom. The first-order chi connectivity index (χ1) is 4.13. The molecule has 0 bridgehead atoms. The Labute approximate surface area is 59.9 Å². The maximum absolute atomic E-state index is 10.2. The van der Waals surface area contributed by atoms with Crippen molar-refractivity contribution in [3.8, 4) is 0 Å². The molecule has 0 aliphatic carbocycles. The molecule has 0 radical (unpaired) electrons. The van der Waals surface area contributed by atoms with Crippen LogP contribution in [0.3, 0.4) is 0 Å². The zero-order valence-electron chi connectivity index (χ0n) is 5.57. The summed E-state index contributed by atoms with van der Waals surface area (Å²) in [5.74, 6) is -0.0378. The highest BCUT2D eigenvalue weighted by molar-refractivity contribution is 6.29. The third kappa shape index (κ3) is 7.50. The van der Waals surface area contributed by atoms with Gasteiger partial charge in [0.2, 0.25) is 5.91 Å². The SMILES string of the molecule is CC(=O)NC/C=C(/C)Cl. The number of carbonyl (C=O) groups excluding carboxylic acids is 1. The molecular weight excluding hydrogens is 138 g/mol. The van der Waals surface area contributed by atoms with Crippen LogP contribution >= 0.6 is 11.6 Å². The van der Waals surface area contributed by atoms with Gasteiger partial charge in [-0.05, 0) is 6.92 Å². The van der Waals surface area contributed by atoms with Crippen molar-refractivity contribution in [2.45, 2.75) is 13.8 Å². The molecule has 0 atom stereocenters. The highest BCUT2D eigenvalue weighted by atomic mass is 35.5. The van der Waals surface area contributed by atoms with Gasteiger partial charge in [-0.3, -0.25) is 4.79 Å². The summed E-state index contributed by atoms with van der Waals surface area (Å²) in [7, 11) is 0. The van der Waals surface area contributed by atoms with Crippen molar-refractivity contribution in [2.75, 3.05) is 6.54 Å². The maximum Gasteiger partial charge on any atom is 0.217 e. The first-order valence-electron chi connectivity index (χ1n) is 2.69. The normalized spacial score (nSPS) is 11.2. The van der Waals surface area contributed by atoms with Crippen molar-refractivity contribution in [1.29, 1.82) is 0 Å². The summed E-state index contributed by atoms with van der Waals surface area (Å²) in [6, 6.07) is 0. The third-order valence-corrected chi connectivity index (χ3v) is 0.889. The van der Waals surface area contributed by atoms with Gasteiger partial charge in [-0.15, -0.1) is 0 Å². The molecule has 0 aliphatic heterocycles. The summed E-state index contributed by atoms with van der Waals surface area (Å²) in [5.41, 5.74) is 0. The highest BCUT2D eigenvalue weighted by Gasteiger charge is 1.84. The number of hydrogen-bond acceptors (Lipinski definition) is 1. The summed E-state index contributed by atoms with van der Waals surface area (Å²) in [5, 5.41) is 3.28. The second-order valence-corrected chi connectivity index (χ2v) is 2.32. The fourth-order valence-corrected chi connectivity index (χ4v) is 0.413. The lowest BCUT2D eigenvalue weighted by molar-refractivity contribution is -0.118. The van der Waals surface area contributed by atoms with Gasteiger partial charge < -0.3 is 5.32 Å². The molecule has 0 fully saturated rings. The Balaban J connectivity index is 3.31. The van der Waals surface area contributed by atoms with Crippen LogP contribution in [0.5, 0.6) is 0 Å². The first kappa shape index (κ1) is 8.50. The van der Waals surface area contributed by atoms with E-state index in [1.165, 1.54) is 6.92 Å². The van der Waals surface area contributed by atoms with E-state index in [9.17, 15) is 4.79 Å². The first-order valence-corrected chi connectivity index (χ1v) is 3.07. The molecule has 3 heteroatoms. The third-order valence-electron chi connectivity index (χ3n) is 0.734. The van der Waals surface area contributed by atoms with Gasteiger partial charge in [0, 0.05) is 18.5 Å². The molecule has 0 spiro atoms. The van der Waals surface area contributed by atoms with Crippen LogP contribution in [0.15, 0.2) is 11.1 Å². The standard InChI is InChI=1S/C6H10ClNO/c1-5(7)3-4-8-6(2)9/h3H,4H2,1-2H3,(H,8,9)/b5-3-. The second-order valence-electron chi connectivity index (χ2n) is 1.73. The molecule has 1 amide bonds. The van der Waals surface area contributed by atoms with Crippen LogP contribution in [0.1, 0.15) is 13.8 Å². The number of halogens is 1. The van der Waals surface area contributed by atoms with Crippen molar-refractivity contribution in [1.82, 2.24) is 5.32 Å². The van der Waals surface area contributed by atoms with Crippen LogP contribution in [0, 0.1) is 0 Å². The van der Waals surface area contributed by atoms with E-state index in [0.717, 1.165) is 0 Å². The molecule has 0 aromatic carbocycles. The van der Waals surface area contributed by atoms with Crippen molar-refractivity contribution in [2.24, 2.45) is 0 Å². The monoisotopic (exact) mass is 147 g/mol. The van der Waals surface area contributed by atoms with E-state index < -0.39 is 0 Å². The minimum Gasteiger partial charge on any atom is -0.353 e. The van der Waals surface area contributed by atoms with Gasteiger partial charge in [0.05, 0.1) is 0 Å². The van der Waals surface area contributed by atoms with E-state index >= 15 is 0 Å². The minimum absolute atomic E-state index is 0.0378. The molecule has 0 saturated heterocycles. The largest absolute Gasteiger partial charge is 0.353 e. The molecule has 1 N–H and O–H groups in total. The lowest BCUT2D eigenvalue weighted by Crippen LogP contribution is -2.19. The second kappa shape index (κ2) is 4.39. The lowest BCUT2D eigenvalue weighted by Gasteiger charge is -1.93. The van der Waals surface area contributed by atoms with E-state index in [0.29, 0.717) is 11.6 Å². The molecule has 0 aromatic rings. The Kier molecular flexibility index (Phi) is 4.14. The van der Waals surface area contributed by atoms with Crippen LogP contribution < -0.4 is 5.32 Å². The van der Waals surface area contributed by atoms with Gasteiger partial charge in [0.15, 0.2) is 0 Å². The molecule has 2 nitrogen and oxygen atoms in total. The Bertz CT molecular complexity index is 127. The topological polar surface area (TPSA) is 29.1 Å². The fraction of sp³-hybridized carbons (Fsp3) is 0.500. The van der Waals surface area contributed by atoms with Gasteiger partial charge >= 0.3 is 0 Å². The number of rotatable bonds is 2. The summed E-state index contributed by atoms with van der Waals surface area (Å²) in [4.78, 5) is 10.2. The Hall–Kier alpha value is -0.500. The van der Waals surface area contributed by atoms with Gasteiger partial charge in [-0.2, -0.15) is 0 Å². The molecular formula is C6H10ClNO. The summed E-state index contributed by atoms with van der Waals surface area (Å²) in [6.45, 7) is 3.76. The highest BCUT2D eigenvalue weighted by Crippen LogP contribution is 1.94. The van der Waals surface area contributed by atoms with E-state index in [4.69, 9.17) is 11.6 Å². The molecule has 9 heavy (non-hydrogen) atoms. The van der Waals surface area contributed by atoms with Crippen LogP contribution in [-0.4, -0.2) is 12.5 Å². The predicted molar refractivity (Wildman–Crippen MR) is 38.3 cm³/mol. The molecule has 52 valence electrons.